The van der Waals surface area contributed by atoms with Crippen LogP contribution in [-0.4, -0.2) is 53.5 Å². The van der Waals surface area contributed by atoms with E-state index in [2.05, 4.69) is 16.8 Å². The maximum absolute atomic E-state index is 13.0. The number of hydrogen-bond donors (Lipinski definition) is 0. The molecule has 1 amide bonds. The molecule has 1 unspecified atom stereocenters. The maximum atomic E-state index is 13.0. The van der Waals surface area contributed by atoms with Crippen LogP contribution in [0.1, 0.15) is 65.8 Å². The maximum Gasteiger partial charge on any atom is 0.289 e. The fourth-order valence-corrected chi connectivity index (χ4v) is 4.47. The molecular formula is C22H29N3O4. The zero-order valence-corrected chi connectivity index (χ0v) is 17.1. The number of carbonyl (C=O) groups excluding carboxylic acids is 1. The lowest BCUT2D eigenvalue weighted by atomic mass is 9.99. The third-order valence-corrected chi connectivity index (χ3v) is 6.44. The van der Waals surface area contributed by atoms with Gasteiger partial charge >= 0.3 is 0 Å². The van der Waals surface area contributed by atoms with Gasteiger partial charge in [-0.25, -0.2) is 4.98 Å². The Kier molecular flexibility index (Phi) is 5.18. The number of ether oxygens (including phenoxy) is 1. The molecule has 5 rings (SSSR count). The van der Waals surface area contributed by atoms with E-state index < -0.39 is 0 Å². The molecule has 3 aliphatic heterocycles. The van der Waals surface area contributed by atoms with Crippen molar-refractivity contribution in [3.05, 3.63) is 41.0 Å². The van der Waals surface area contributed by atoms with Crippen molar-refractivity contribution in [1.29, 1.82) is 0 Å². The number of aromatic nitrogens is 1. The fourth-order valence-electron chi connectivity index (χ4n) is 4.47. The van der Waals surface area contributed by atoms with Gasteiger partial charge in [0.25, 0.3) is 5.91 Å². The number of hydrogen-bond acceptors (Lipinski definition) is 6. The second-order valence-corrected chi connectivity index (χ2v) is 8.68. The highest BCUT2D eigenvalue weighted by Crippen LogP contribution is 2.29. The molecule has 0 spiro atoms. The number of fused-ring (bicyclic) bond motifs is 1. The van der Waals surface area contributed by atoms with Gasteiger partial charge < -0.3 is 18.5 Å². The highest BCUT2D eigenvalue weighted by atomic mass is 16.5. The summed E-state index contributed by atoms with van der Waals surface area (Å²) in [6, 6.07) is 3.75. The van der Waals surface area contributed by atoms with Gasteiger partial charge in [0.1, 0.15) is 17.2 Å². The normalized spacial score (nSPS) is 23.5. The summed E-state index contributed by atoms with van der Waals surface area (Å²) < 4.78 is 17.3. The third-order valence-electron chi connectivity index (χ3n) is 6.44. The van der Waals surface area contributed by atoms with Crippen LogP contribution in [0.15, 0.2) is 21.0 Å². The van der Waals surface area contributed by atoms with Crippen LogP contribution in [0.3, 0.4) is 0 Å². The predicted octanol–water partition coefficient (Wildman–Crippen LogP) is 3.20. The number of nitrogens with zero attached hydrogens (tertiary/aromatic N) is 3. The number of oxazole rings is 1. The van der Waals surface area contributed by atoms with E-state index in [4.69, 9.17) is 13.6 Å². The largest absolute Gasteiger partial charge is 0.455 e. The van der Waals surface area contributed by atoms with Gasteiger partial charge in [-0.05, 0) is 50.4 Å². The number of carbonyl (C=O) groups is 1. The van der Waals surface area contributed by atoms with E-state index in [0.717, 1.165) is 61.7 Å². The summed E-state index contributed by atoms with van der Waals surface area (Å²) in [5.74, 6) is 3.95. The molecule has 7 heteroatoms. The molecule has 1 atom stereocenters. The Morgan fingerprint density at radius 2 is 2.03 bits per heavy atom. The quantitative estimate of drug-likeness (QED) is 0.786. The van der Waals surface area contributed by atoms with Crippen molar-refractivity contribution < 1.29 is 18.4 Å². The standard InChI is InChI=1S/C22H29N3O4/c1-15-4-8-24(9-5-15)12-17-2-3-20(28-17)22(26)25-10-6-19-18(13-25)23-21(29-19)16-7-11-27-14-16/h2-3,15-16H,4-14H2,1H3. The van der Waals surface area contributed by atoms with Crippen LogP contribution in [-0.2, 0) is 24.2 Å². The topological polar surface area (TPSA) is 72.0 Å². The van der Waals surface area contributed by atoms with Gasteiger partial charge in [-0.1, -0.05) is 6.92 Å². The van der Waals surface area contributed by atoms with Gasteiger partial charge in [0.05, 0.1) is 25.6 Å². The smallest absolute Gasteiger partial charge is 0.289 e. The lowest BCUT2D eigenvalue weighted by Crippen LogP contribution is -2.35. The van der Waals surface area contributed by atoms with Gasteiger partial charge in [0.2, 0.25) is 0 Å². The highest BCUT2D eigenvalue weighted by Gasteiger charge is 2.30. The van der Waals surface area contributed by atoms with Crippen LogP contribution in [0.2, 0.25) is 0 Å². The molecule has 0 radical (unpaired) electrons. The first kappa shape index (κ1) is 18.9. The van der Waals surface area contributed by atoms with Gasteiger partial charge in [-0.15, -0.1) is 0 Å². The highest BCUT2D eigenvalue weighted by molar-refractivity contribution is 5.91. The molecule has 0 aliphatic carbocycles. The average molecular weight is 399 g/mol. The number of furan rings is 1. The number of amides is 1. The van der Waals surface area contributed by atoms with E-state index in [-0.39, 0.29) is 11.8 Å². The molecule has 2 aromatic heterocycles. The Morgan fingerprint density at radius 3 is 2.83 bits per heavy atom. The van der Waals surface area contributed by atoms with Gasteiger partial charge in [-0.2, -0.15) is 0 Å². The first-order valence-electron chi connectivity index (χ1n) is 10.8. The van der Waals surface area contributed by atoms with Crippen LogP contribution in [0, 0.1) is 5.92 Å². The van der Waals surface area contributed by atoms with Crippen molar-refractivity contribution >= 4 is 5.91 Å². The van der Waals surface area contributed by atoms with Crippen LogP contribution >= 0.6 is 0 Å². The number of rotatable bonds is 4. The zero-order valence-electron chi connectivity index (χ0n) is 17.1. The molecule has 3 aliphatic rings. The first-order valence-corrected chi connectivity index (χ1v) is 10.8. The predicted molar refractivity (Wildman–Crippen MR) is 106 cm³/mol. The molecule has 0 bridgehead atoms. The van der Waals surface area contributed by atoms with Gasteiger partial charge in [-0.3, -0.25) is 9.69 Å². The minimum Gasteiger partial charge on any atom is -0.455 e. The number of likely N-dealkylation sites (tertiary alicyclic amines) is 1. The summed E-state index contributed by atoms with van der Waals surface area (Å²) in [6.45, 7) is 7.82. The summed E-state index contributed by atoms with van der Waals surface area (Å²) in [6.07, 6.45) is 4.11. The Labute approximate surface area is 171 Å². The molecule has 2 saturated heterocycles. The molecular weight excluding hydrogens is 370 g/mol. The van der Waals surface area contributed by atoms with E-state index in [1.54, 1.807) is 0 Å². The molecule has 29 heavy (non-hydrogen) atoms. The lowest BCUT2D eigenvalue weighted by molar-refractivity contribution is 0.0690. The fraction of sp³-hybridized carbons (Fsp3) is 0.636. The third kappa shape index (κ3) is 3.98. The van der Waals surface area contributed by atoms with E-state index in [0.29, 0.717) is 31.9 Å². The van der Waals surface area contributed by atoms with Crippen molar-refractivity contribution in [3.63, 3.8) is 0 Å². The van der Waals surface area contributed by atoms with E-state index in [9.17, 15) is 4.79 Å². The molecule has 7 nitrogen and oxygen atoms in total. The minimum atomic E-state index is -0.0667. The molecule has 2 fully saturated rings. The Bertz CT molecular complexity index is 859. The summed E-state index contributed by atoms with van der Waals surface area (Å²) in [4.78, 5) is 21.8. The van der Waals surface area contributed by atoms with Gasteiger partial charge in [0.15, 0.2) is 11.7 Å². The van der Waals surface area contributed by atoms with Crippen LogP contribution in [0.4, 0.5) is 0 Å². The van der Waals surface area contributed by atoms with E-state index in [1.807, 2.05) is 17.0 Å². The number of piperidine rings is 1. The van der Waals surface area contributed by atoms with Crippen molar-refractivity contribution in [3.8, 4) is 0 Å². The van der Waals surface area contributed by atoms with Gasteiger partial charge in [0, 0.05) is 19.6 Å². The SMILES string of the molecule is CC1CCN(Cc2ccc(C(=O)N3CCc4oc(C5CCOC5)nc4C3)o2)CC1. The van der Waals surface area contributed by atoms with Crippen molar-refractivity contribution in [1.82, 2.24) is 14.8 Å². The summed E-state index contributed by atoms with van der Waals surface area (Å²) in [5, 5.41) is 0. The summed E-state index contributed by atoms with van der Waals surface area (Å²) in [7, 11) is 0. The second kappa shape index (κ2) is 7.95. The van der Waals surface area contributed by atoms with Crippen LogP contribution in [0.5, 0.6) is 0 Å². The Hall–Kier alpha value is -2.12. The average Bonchev–Trinajstić information content (AvgIpc) is 3.48. The van der Waals surface area contributed by atoms with E-state index in [1.165, 1.54) is 12.8 Å². The lowest BCUT2D eigenvalue weighted by Gasteiger charge is -2.29. The minimum absolute atomic E-state index is 0.0667. The Balaban J connectivity index is 1.22. The monoisotopic (exact) mass is 399 g/mol. The van der Waals surface area contributed by atoms with Crippen molar-refractivity contribution in [2.75, 3.05) is 32.8 Å². The molecule has 0 N–H and O–H groups in total. The summed E-state index contributed by atoms with van der Waals surface area (Å²) >= 11 is 0. The van der Waals surface area contributed by atoms with Crippen LogP contribution < -0.4 is 0 Å². The molecule has 0 saturated carbocycles. The second-order valence-electron chi connectivity index (χ2n) is 8.68. The van der Waals surface area contributed by atoms with Crippen LogP contribution in [0.25, 0.3) is 0 Å². The van der Waals surface area contributed by atoms with E-state index >= 15 is 0 Å². The van der Waals surface area contributed by atoms with Crippen molar-refractivity contribution in [2.24, 2.45) is 5.92 Å². The zero-order chi connectivity index (χ0) is 19.8. The molecule has 156 valence electrons. The molecule has 2 aromatic rings. The molecule has 5 heterocycles. The Morgan fingerprint density at radius 1 is 1.17 bits per heavy atom. The summed E-state index contributed by atoms with van der Waals surface area (Å²) in [5.41, 5.74) is 0.876. The van der Waals surface area contributed by atoms with Crippen molar-refractivity contribution in [2.45, 2.75) is 51.6 Å². The first-order chi connectivity index (χ1) is 14.2. The molecule has 0 aromatic carbocycles.